The number of para-hydroxylation sites is 1. The third kappa shape index (κ3) is 2.70. The van der Waals surface area contributed by atoms with Crippen molar-refractivity contribution < 1.29 is 9.94 Å². The molecular formula is C8H12ClNO2. The lowest BCUT2D eigenvalue weighted by Crippen LogP contribution is -2.05. The van der Waals surface area contributed by atoms with Crippen LogP contribution in [0.25, 0.3) is 0 Å². The summed E-state index contributed by atoms with van der Waals surface area (Å²) in [7, 11) is 0. The minimum Gasteiger partial charge on any atom is -0.411 e. The molecule has 1 rings (SSSR count). The van der Waals surface area contributed by atoms with Crippen LogP contribution < -0.4 is 10.7 Å². The van der Waals surface area contributed by atoms with Gasteiger partial charge in [0.1, 0.15) is 5.75 Å². The van der Waals surface area contributed by atoms with Gasteiger partial charge in [0.2, 0.25) is 0 Å². The van der Waals surface area contributed by atoms with Gasteiger partial charge in [0.25, 0.3) is 0 Å². The topological polar surface area (TPSA) is 55.5 Å². The number of nitrogens with two attached hydrogens (primary N) is 1. The van der Waals surface area contributed by atoms with Gasteiger partial charge in [-0.05, 0) is 18.1 Å². The summed E-state index contributed by atoms with van der Waals surface area (Å²) in [5.74, 6) is 5.63. The van der Waals surface area contributed by atoms with Crippen LogP contribution in [0.4, 0.5) is 0 Å². The maximum atomic E-state index is 8.64. The Kier molecular flexibility index (Phi) is 5.45. The summed E-state index contributed by atoms with van der Waals surface area (Å²) in [4.78, 5) is 4.59. The summed E-state index contributed by atoms with van der Waals surface area (Å²) in [5, 5.41) is 8.64. The fraction of sp³-hybridized carbons (Fsp3) is 0.250. The highest BCUT2D eigenvalue weighted by Gasteiger charge is 1.99. The molecule has 0 spiro atoms. The highest BCUT2D eigenvalue weighted by molar-refractivity contribution is 5.85. The quantitative estimate of drug-likeness (QED) is 0.695. The van der Waals surface area contributed by atoms with Crippen molar-refractivity contribution in [2.24, 2.45) is 5.90 Å². The van der Waals surface area contributed by atoms with E-state index < -0.39 is 0 Å². The van der Waals surface area contributed by atoms with E-state index in [-0.39, 0.29) is 19.0 Å². The predicted octanol–water partition coefficient (Wildman–Crippen LogP) is 0.896. The van der Waals surface area contributed by atoms with E-state index in [0.717, 1.165) is 5.56 Å². The summed E-state index contributed by atoms with van der Waals surface area (Å²) >= 11 is 0. The molecule has 4 heteroatoms. The average molecular weight is 190 g/mol. The molecule has 3 nitrogen and oxygen atoms in total. The highest BCUT2D eigenvalue weighted by atomic mass is 35.5. The second-order valence-electron chi connectivity index (χ2n) is 2.20. The third-order valence-electron chi connectivity index (χ3n) is 1.48. The van der Waals surface area contributed by atoms with E-state index in [1.54, 1.807) is 6.07 Å². The van der Waals surface area contributed by atoms with Gasteiger partial charge in [-0.25, -0.2) is 0 Å². The van der Waals surface area contributed by atoms with Gasteiger partial charge in [-0.2, -0.15) is 5.90 Å². The van der Waals surface area contributed by atoms with Gasteiger partial charge in [-0.1, -0.05) is 18.2 Å². The van der Waals surface area contributed by atoms with Crippen molar-refractivity contribution in [3.63, 3.8) is 0 Å². The first kappa shape index (κ1) is 11.2. The number of halogens is 1. The molecular weight excluding hydrogens is 178 g/mol. The Morgan fingerprint density at radius 1 is 1.33 bits per heavy atom. The molecule has 1 aromatic carbocycles. The maximum absolute atomic E-state index is 8.64. The van der Waals surface area contributed by atoms with Crippen molar-refractivity contribution in [2.45, 2.75) is 6.42 Å². The molecule has 0 aliphatic heterocycles. The number of rotatable bonds is 3. The third-order valence-corrected chi connectivity index (χ3v) is 1.48. The van der Waals surface area contributed by atoms with Crippen LogP contribution in [0.15, 0.2) is 24.3 Å². The molecule has 0 saturated carbocycles. The minimum atomic E-state index is 0. The van der Waals surface area contributed by atoms with Crippen molar-refractivity contribution in [1.29, 1.82) is 0 Å². The number of hydrogen-bond acceptors (Lipinski definition) is 3. The van der Waals surface area contributed by atoms with Gasteiger partial charge in [0.05, 0.1) is 0 Å². The molecule has 0 fully saturated rings. The molecule has 1 aromatic rings. The van der Waals surface area contributed by atoms with E-state index in [0.29, 0.717) is 12.2 Å². The van der Waals surface area contributed by atoms with Crippen LogP contribution in [0.1, 0.15) is 5.56 Å². The van der Waals surface area contributed by atoms with Crippen LogP contribution in [-0.4, -0.2) is 11.7 Å². The van der Waals surface area contributed by atoms with Crippen LogP contribution >= 0.6 is 12.4 Å². The molecule has 0 unspecified atom stereocenters. The molecule has 0 aromatic heterocycles. The van der Waals surface area contributed by atoms with Crippen molar-refractivity contribution in [2.75, 3.05) is 6.61 Å². The number of benzene rings is 1. The number of aliphatic hydroxyl groups is 1. The largest absolute Gasteiger partial charge is 0.411 e. The lowest BCUT2D eigenvalue weighted by Gasteiger charge is -2.04. The number of aliphatic hydroxyl groups excluding tert-OH is 1. The molecule has 0 saturated heterocycles. The second-order valence-corrected chi connectivity index (χ2v) is 2.20. The molecule has 0 heterocycles. The molecule has 68 valence electrons. The number of hydrogen-bond donors (Lipinski definition) is 2. The average Bonchev–Trinajstić information content (AvgIpc) is 2.06. The van der Waals surface area contributed by atoms with Gasteiger partial charge in [-0.3, -0.25) is 0 Å². The standard InChI is InChI=1S/C8H11NO2.ClH/c9-11-8-4-2-1-3-7(8)5-6-10;/h1-4,10H,5-6,9H2;1H. The van der Waals surface area contributed by atoms with Gasteiger partial charge in [0, 0.05) is 6.61 Å². The first-order valence-corrected chi connectivity index (χ1v) is 3.44. The van der Waals surface area contributed by atoms with E-state index in [4.69, 9.17) is 11.0 Å². The van der Waals surface area contributed by atoms with Crippen LogP contribution in [0.2, 0.25) is 0 Å². The summed E-state index contributed by atoms with van der Waals surface area (Å²) < 4.78 is 0. The predicted molar refractivity (Wildman–Crippen MR) is 49.3 cm³/mol. The summed E-state index contributed by atoms with van der Waals surface area (Å²) in [5.41, 5.74) is 0.928. The zero-order chi connectivity index (χ0) is 8.10. The van der Waals surface area contributed by atoms with Gasteiger partial charge in [-0.15, -0.1) is 12.4 Å². The van der Waals surface area contributed by atoms with Gasteiger partial charge < -0.3 is 9.94 Å². The van der Waals surface area contributed by atoms with E-state index in [9.17, 15) is 0 Å². The molecule has 0 amide bonds. The van der Waals surface area contributed by atoms with E-state index in [1.807, 2.05) is 18.2 Å². The second kappa shape index (κ2) is 5.83. The lowest BCUT2D eigenvalue weighted by atomic mass is 10.1. The highest BCUT2D eigenvalue weighted by Crippen LogP contribution is 2.16. The minimum absolute atomic E-state index is 0. The van der Waals surface area contributed by atoms with Crippen LogP contribution in [-0.2, 0) is 6.42 Å². The van der Waals surface area contributed by atoms with Gasteiger partial charge in [0.15, 0.2) is 0 Å². The zero-order valence-electron chi connectivity index (χ0n) is 6.56. The Morgan fingerprint density at radius 2 is 2.00 bits per heavy atom. The van der Waals surface area contributed by atoms with E-state index in [1.165, 1.54) is 0 Å². The summed E-state index contributed by atoms with van der Waals surface area (Å²) in [6.07, 6.45) is 0.577. The summed E-state index contributed by atoms with van der Waals surface area (Å²) in [6, 6.07) is 7.36. The summed E-state index contributed by atoms with van der Waals surface area (Å²) in [6.45, 7) is 0.111. The molecule has 12 heavy (non-hydrogen) atoms. The SMILES string of the molecule is Cl.NOc1ccccc1CCO. The van der Waals surface area contributed by atoms with Crippen LogP contribution in [0.3, 0.4) is 0 Å². The van der Waals surface area contributed by atoms with E-state index >= 15 is 0 Å². The normalized spacial score (nSPS) is 8.83. The maximum Gasteiger partial charge on any atom is 0.150 e. The first-order chi connectivity index (χ1) is 5.38. The fourth-order valence-electron chi connectivity index (χ4n) is 0.946. The van der Waals surface area contributed by atoms with Crippen molar-refractivity contribution >= 4 is 12.4 Å². The molecule has 0 aliphatic rings. The van der Waals surface area contributed by atoms with Crippen LogP contribution in [0.5, 0.6) is 5.75 Å². The Bertz CT molecular complexity index is 230. The molecule has 3 N–H and O–H groups in total. The van der Waals surface area contributed by atoms with Crippen molar-refractivity contribution in [3.8, 4) is 5.75 Å². The molecule has 0 atom stereocenters. The van der Waals surface area contributed by atoms with E-state index in [2.05, 4.69) is 4.84 Å². The zero-order valence-corrected chi connectivity index (χ0v) is 7.38. The lowest BCUT2D eigenvalue weighted by molar-refractivity contribution is 0.291. The molecule has 0 radical (unpaired) electrons. The molecule has 0 bridgehead atoms. The Balaban J connectivity index is 0.00000121. The monoisotopic (exact) mass is 189 g/mol. The Hall–Kier alpha value is -0.770. The van der Waals surface area contributed by atoms with Crippen LogP contribution in [0, 0.1) is 0 Å². The smallest absolute Gasteiger partial charge is 0.150 e. The Morgan fingerprint density at radius 3 is 2.58 bits per heavy atom. The molecule has 0 aliphatic carbocycles. The van der Waals surface area contributed by atoms with Gasteiger partial charge >= 0.3 is 0 Å². The van der Waals surface area contributed by atoms with Crippen molar-refractivity contribution in [3.05, 3.63) is 29.8 Å². The first-order valence-electron chi connectivity index (χ1n) is 3.44. The van der Waals surface area contributed by atoms with Crippen molar-refractivity contribution in [1.82, 2.24) is 0 Å². The Labute approximate surface area is 77.5 Å². The fourth-order valence-corrected chi connectivity index (χ4v) is 0.946.